The smallest absolute Gasteiger partial charge is 0.240 e. The molecule has 1 aliphatic carbocycles. The van der Waals surface area contributed by atoms with E-state index in [0.29, 0.717) is 18.0 Å². The predicted octanol–water partition coefficient (Wildman–Crippen LogP) is 2.04. The molecule has 0 spiro atoms. The summed E-state index contributed by atoms with van der Waals surface area (Å²) in [6, 6.07) is 2.32. The van der Waals surface area contributed by atoms with Crippen LogP contribution in [0, 0.1) is 24.1 Å². The number of nitrogens with one attached hydrogen (secondary N) is 1. The maximum atomic E-state index is 13.2. The zero-order valence-electron chi connectivity index (χ0n) is 11.3. The third kappa shape index (κ3) is 2.90. The Kier molecular flexibility index (Phi) is 3.35. The average molecular weight is 286 g/mol. The Morgan fingerprint density at radius 3 is 2.58 bits per heavy atom. The van der Waals surface area contributed by atoms with Gasteiger partial charge < -0.3 is 5.73 Å². The summed E-state index contributed by atoms with van der Waals surface area (Å²) in [5, 5.41) is 0. The van der Waals surface area contributed by atoms with Crippen molar-refractivity contribution in [3.8, 4) is 0 Å². The number of aryl methyl sites for hydroxylation is 1. The fourth-order valence-corrected chi connectivity index (χ4v) is 3.51. The molecular formula is C13H19FN2O2S. The number of halogens is 1. The number of sulfonamides is 1. The van der Waals surface area contributed by atoms with Gasteiger partial charge in [0.1, 0.15) is 5.82 Å². The van der Waals surface area contributed by atoms with E-state index < -0.39 is 15.8 Å². The molecule has 1 aromatic carbocycles. The molecule has 0 saturated heterocycles. The number of nitrogen functional groups attached to an aromatic ring is 1. The van der Waals surface area contributed by atoms with E-state index in [4.69, 9.17) is 5.73 Å². The molecule has 0 heterocycles. The van der Waals surface area contributed by atoms with Crippen LogP contribution in [0.3, 0.4) is 0 Å². The molecule has 106 valence electrons. The van der Waals surface area contributed by atoms with E-state index in [0.717, 1.165) is 12.5 Å². The van der Waals surface area contributed by atoms with E-state index in [9.17, 15) is 12.8 Å². The van der Waals surface area contributed by atoms with E-state index in [2.05, 4.69) is 18.6 Å². The average Bonchev–Trinajstić information content (AvgIpc) is 2.89. The van der Waals surface area contributed by atoms with Crippen molar-refractivity contribution < 1.29 is 12.8 Å². The third-order valence-corrected chi connectivity index (χ3v) is 5.39. The fraction of sp³-hybridized carbons (Fsp3) is 0.538. The fourth-order valence-electron chi connectivity index (χ4n) is 2.17. The summed E-state index contributed by atoms with van der Waals surface area (Å²) in [5.74, 6) is -0.236. The number of nitrogens with two attached hydrogens (primary N) is 1. The van der Waals surface area contributed by atoms with Crippen molar-refractivity contribution in [3.63, 3.8) is 0 Å². The van der Waals surface area contributed by atoms with Crippen LogP contribution in [0.15, 0.2) is 17.0 Å². The lowest BCUT2D eigenvalue weighted by molar-refractivity contribution is 0.537. The maximum absolute atomic E-state index is 13.2. The monoisotopic (exact) mass is 286 g/mol. The first-order valence-corrected chi connectivity index (χ1v) is 7.67. The van der Waals surface area contributed by atoms with Crippen LogP contribution in [-0.4, -0.2) is 15.0 Å². The number of hydrogen-bond donors (Lipinski definition) is 2. The quantitative estimate of drug-likeness (QED) is 0.832. The van der Waals surface area contributed by atoms with Crippen LogP contribution in [0.25, 0.3) is 0 Å². The zero-order chi connectivity index (χ0) is 14.4. The minimum atomic E-state index is -3.63. The topological polar surface area (TPSA) is 72.2 Å². The number of rotatable bonds is 4. The highest BCUT2D eigenvalue weighted by molar-refractivity contribution is 7.89. The van der Waals surface area contributed by atoms with Crippen LogP contribution in [0.1, 0.15) is 25.8 Å². The van der Waals surface area contributed by atoms with Gasteiger partial charge in [-0.25, -0.2) is 17.5 Å². The highest BCUT2D eigenvalue weighted by Crippen LogP contribution is 2.51. The Bertz CT molecular complexity index is 611. The summed E-state index contributed by atoms with van der Waals surface area (Å²) in [6.45, 7) is 6.17. The van der Waals surface area contributed by atoms with Gasteiger partial charge in [0.15, 0.2) is 0 Å². The van der Waals surface area contributed by atoms with Crippen molar-refractivity contribution >= 4 is 15.7 Å². The second-order valence-corrected chi connectivity index (χ2v) is 7.62. The van der Waals surface area contributed by atoms with Crippen LogP contribution < -0.4 is 10.5 Å². The second kappa shape index (κ2) is 4.45. The summed E-state index contributed by atoms with van der Waals surface area (Å²) in [6.07, 6.45) is 1.01. The number of benzene rings is 1. The molecule has 0 aromatic heterocycles. The van der Waals surface area contributed by atoms with Crippen LogP contribution >= 0.6 is 0 Å². The molecule has 0 radical (unpaired) electrons. The molecule has 1 unspecified atom stereocenters. The Morgan fingerprint density at radius 1 is 1.47 bits per heavy atom. The zero-order valence-corrected chi connectivity index (χ0v) is 12.1. The van der Waals surface area contributed by atoms with Gasteiger partial charge in [-0.05, 0) is 42.4 Å². The van der Waals surface area contributed by atoms with Gasteiger partial charge in [-0.3, -0.25) is 0 Å². The van der Waals surface area contributed by atoms with Crippen molar-refractivity contribution in [2.45, 2.75) is 32.1 Å². The molecule has 4 nitrogen and oxygen atoms in total. The maximum Gasteiger partial charge on any atom is 0.240 e. The summed E-state index contributed by atoms with van der Waals surface area (Å²) in [4.78, 5) is 0.0462. The largest absolute Gasteiger partial charge is 0.396 e. The van der Waals surface area contributed by atoms with Gasteiger partial charge in [-0.1, -0.05) is 13.8 Å². The number of hydrogen-bond acceptors (Lipinski definition) is 3. The van der Waals surface area contributed by atoms with Gasteiger partial charge in [0.2, 0.25) is 10.0 Å². The Balaban J connectivity index is 2.18. The van der Waals surface area contributed by atoms with Gasteiger partial charge in [0.05, 0.1) is 10.6 Å². The predicted molar refractivity (Wildman–Crippen MR) is 72.6 cm³/mol. The molecule has 1 aliphatic rings. The van der Waals surface area contributed by atoms with E-state index in [1.54, 1.807) is 6.92 Å². The summed E-state index contributed by atoms with van der Waals surface area (Å²) in [7, 11) is -3.63. The third-order valence-electron chi connectivity index (χ3n) is 3.82. The molecule has 19 heavy (non-hydrogen) atoms. The van der Waals surface area contributed by atoms with Gasteiger partial charge in [-0.2, -0.15) is 0 Å². The lowest BCUT2D eigenvalue weighted by Gasteiger charge is -2.11. The van der Waals surface area contributed by atoms with Crippen LogP contribution in [-0.2, 0) is 10.0 Å². The van der Waals surface area contributed by atoms with Crippen LogP contribution in [0.2, 0.25) is 0 Å². The van der Waals surface area contributed by atoms with Crippen molar-refractivity contribution in [2.24, 2.45) is 11.3 Å². The van der Waals surface area contributed by atoms with Crippen molar-refractivity contribution in [1.29, 1.82) is 0 Å². The molecule has 1 fully saturated rings. The molecule has 1 aromatic rings. The molecular weight excluding hydrogens is 267 g/mol. The van der Waals surface area contributed by atoms with Gasteiger partial charge in [0.25, 0.3) is 0 Å². The molecule has 1 saturated carbocycles. The van der Waals surface area contributed by atoms with Crippen molar-refractivity contribution in [2.75, 3.05) is 12.3 Å². The normalized spacial score (nSPS) is 21.4. The molecule has 0 amide bonds. The van der Waals surface area contributed by atoms with E-state index in [1.807, 2.05) is 0 Å². The highest BCUT2D eigenvalue weighted by atomic mass is 32.2. The van der Waals surface area contributed by atoms with E-state index in [1.165, 1.54) is 6.07 Å². The Morgan fingerprint density at radius 2 is 2.05 bits per heavy atom. The Hall–Kier alpha value is -1.14. The SMILES string of the molecule is Cc1cc(F)c(N)cc1S(=O)(=O)NCC1CC1(C)C. The van der Waals surface area contributed by atoms with Gasteiger partial charge >= 0.3 is 0 Å². The number of anilines is 1. The first-order chi connectivity index (χ1) is 8.63. The highest BCUT2D eigenvalue weighted by Gasteiger charge is 2.45. The first-order valence-electron chi connectivity index (χ1n) is 6.19. The lowest BCUT2D eigenvalue weighted by atomic mass is 10.1. The molecule has 2 rings (SSSR count). The van der Waals surface area contributed by atoms with E-state index >= 15 is 0 Å². The summed E-state index contributed by atoms with van der Waals surface area (Å²) in [5.41, 5.74) is 5.84. The molecule has 6 heteroatoms. The van der Waals surface area contributed by atoms with Crippen LogP contribution in [0.5, 0.6) is 0 Å². The Labute approximate surface area is 113 Å². The summed E-state index contributed by atoms with van der Waals surface area (Å²) >= 11 is 0. The minimum Gasteiger partial charge on any atom is -0.396 e. The minimum absolute atomic E-state index is 0.0462. The van der Waals surface area contributed by atoms with Crippen molar-refractivity contribution in [1.82, 2.24) is 4.72 Å². The first kappa shape index (κ1) is 14.3. The molecule has 0 bridgehead atoms. The van der Waals surface area contributed by atoms with Gasteiger partial charge in [-0.15, -0.1) is 0 Å². The molecule has 0 aliphatic heterocycles. The second-order valence-electron chi connectivity index (χ2n) is 5.88. The standard InChI is InChI=1S/C13H19FN2O2S/c1-8-4-10(14)11(15)5-12(8)19(17,18)16-7-9-6-13(9,2)3/h4-5,9,16H,6-7,15H2,1-3H3. The van der Waals surface area contributed by atoms with E-state index in [-0.39, 0.29) is 16.0 Å². The lowest BCUT2D eigenvalue weighted by Crippen LogP contribution is -2.27. The molecule has 3 N–H and O–H groups in total. The van der Waals surface area contributed by atoms with Gasteiger partial charge in [0, 0.05) is 6.54 Å². The van der Waals surface area contributed by atoms with Crippen molar-refractivity contribution in [3.05, 3.63) is 23.5 Å². The van der Waals surface area contributed by atoms with Crippen LogP contribution in [0.4, 0.5) is 10.1 Å². The summed E-state index contributed by atoms with van der Waals surface area (Å²) < 4.78 is 40.1. The molecule has 1 atom stereocenters.